The maximum absolute atomic E-state index is 4.87. The lowest BCUT2D eigenvalue weighted by Gasteiger charge is -2.28. The lowest BCUT2D eigenvalue weighted by Crippen LogP contribution is -3.12. The molecular weight excluding hydrogens is 320 g/mol. The monoisotopic (exact) mass is 343 g/mol. The van der Waals surface area contributed by atoms with Crippen molar-refractivity contribution in [3.63, 3.8) is 0 Å². The standard InChI is InChI=1S/C17H22N6S/c1-2-9-23-16(19-20-21-23)12-22-10-5-6-13(11-22)17-18-14-7-3-4-8-15(14)24-17/h3-4,7-8,13H,2,5-6,9-12H2,1H3/p+1/t13-/m1/s1. The Morgan fingerprint density at radius 3 is 3.12 bits per heavy atom. The second-order valence-corrected chi connectivity index (χ2v) is 7.62. The summed E-state index contributed by atoms with van der Waals surface area (Å²) in [5, 5.41) is 13.5. The molecule has 6 nitrogen and oxygen atoms in total. The molecule has 1 fully saturated rings. The quantitative estimate of drug-likeness (QED) is 0.765. The molecule has 4 rings (SSSR count). The van der Waals surface area contributed by atoms with Crippen LogP contribution in [-0.2, 0) is 13.1 Å². The van der Waals surface area contributed by atoms with E-state index >= 15 is 0 Å². The van der Waals surface area contributed by atoms with Crippen LogP contribution in [0, 0.1) is 0 Å². The summed E-state index contributed by atoms with van der Waals surface area (Å²) in [6.07, 6.45) is 3.54. The number of fused-ring (bicyclic) bond motifs is 1. The summed E-state index contributed by atoms with van der Waals surface area (Å²) in [7, 11) is 0. The normalized spacial score (nSPS) is 21.4. The number of tetrazole rings is 1. The molecule has 1 aromatic carbocycles. The van der Waals surface area contributed by atoms with Gasteiger partial charge in [0.25, 0.3) is 0 Å². The molecule has 1 N–H and O–H groups in total. The van der Waals surface area contributed by atoms with E-state index in [2.05, 4.69) is 46.7 Å². The van der Waals surface area contributed by atoms with E-state index in [0.717, 1.165) is 37.4 Å². The molecule has 2 aromatic heterocycles. The van der Waals surface area contributed by atoms with E-state index in [4.69, 9.17) is 4.98 Å². The second kappa shape index (κ2) is 6.94. The number of para-hydroxylation sites is 1. The van der Waals surface area contributed by atoms with Gasteiger partial charge in [0.15, 0.2) is 0 Å². The van der Waals surface area contributed by atoms with Gasteiger partial charge in [0.2, 0.25) is 5.82 Å². The second-order valence-electron chi connectivity index (χ2n) is 6.56. The fourth-order valence-electron chi connectivity index (χ4n) is 3.55. The number of benzene rings is 1. The van der Waals surface area contributed by atoms with Crippen LogP contribution < -0.4 is 4.90 Å². The lowest BCUT2D eigenvalue weighted by molar-refractivity contribution is -0.920. The summed E-state index contributed by atoms with van der Waals surface area (Å²) in [5.41, 5.74) is 1.14. The molecule has 2 atom stereocenters. The fourth-order valence-corrected chi connectivity index (χ4v) is 4.65. The van der Waals surface area contributed by atoms with E-state index in [1.165, 1.54) is 29.1 Å². The van der Waals surface area contributed by atoms with Crippen molar-refractivity contribution in [1.82, 2.24) is 25.2 Å². The molecule has 0 aliphatic carbocycles. The van der Waals surface area contributed by atoms with E-state index in [9.17, 15) is 0 Å². The maximum Gasteiger partial charge on any atom is 0.206 e. The Bertz CT molecular complexity index is 777. The molecule has 0 bridgehead atoms. The zero-order valence-corrected chi connectivity index (χ0v) is 14.8. The molecular formula is C17H23N6S+. The number of piperidine rings is 1. The minimum Gasteiger partial charge on any atom is -0.328 e. The van der Waals surface area contributed by atoms with Crippen molar-refractivity contribution in [3.05, 3.63) is 35.1 Å². The number of thiazole rings is 1. The fraction of sp³-hybridized carbons (Fsp3) is 0.529. The Kier molecular flexibility index (Phi) is 4.53. The van der Waals surface area contributed by atoms with Gasteiger partial charge >= 0.3 is 0 Å². The Hall–Kier alpha value is -1.86. The zero-order chi connectivity index (χ0) is 16.4. The van der Waals surface area contributed by atoms with Crippen LogP contribution in [-0.4, -0.2) is 38.3 Å². The van der Waals surface area contributed by atoms with E-state index in [-0.39, 0.29) is 0 Å². The Morgan fingerprint density at radius 2 is 2.25 bits per heavy atom. The molecule has 7 heteroatoms. The molecule has 3 aromatic rings. The summed E-state index contributed by atoms with van der Waals surface area (Å²) >= 11 is 1.86. The molecule has 126 valence electrons. The average Bonchev–Trinajstić information content (AvgIpc) is 3.22. The third-order valence-corrected chi connectivity index (χ3v) is 5.93. The van der Waals surface area contributed by atoms with Crippen molar-refractivity contribution in [2.45, 2.75) is 45.2 Å². The van der Waals surface area contributed by atoms with Crippen LogP contribution in [0.15, 0.2) is 24.3 Å². The first-order valence-corrected chi connectivity index (χ1v) is 9.59. The number of aryl methyl sites for hydroxylation is 1. The van der Waals surface area contributed by atoms with Crippen molar-refractivity contribution in [2.75, 3.05) is 13.1 Å². The summed E-state index contributed by atoms with van der Waals surface area (Å²) in [4.78, 5) is 6.44. The lowest BCUT2D eigenvalue weighted by atomic mass is 9.99. The highest BCUT2D eigenvalue weighted by Crippen LogP contribution is 2.30. The molecule has 0 amide bonds. The topological polar surface area (TPSA) is 60.9 Å². The summed E-state index contributed by atoms with van der Waals surface area (Å²) in [6.45, 7) is 6.28. The van der Waals surface area contributed by atoms with Crippen LogP contribution in [0.25, 0.3) is 10.2 Å². The number of nitrogens with one attached hydrogen (secondary N) is 1. The van der Waals surface area contributed by atoms with Crippen LogP contribution in [0.5, 0.6) is 0 Å². The highest BCUT2D eigenvalue weighted by molar-refractivity contribution is 7.18. The Morgan fingerprint density at radius 1 is 1.33 bits per heavy atom. The Balaban J connectivity index is 1.48. The minimum absolute atomic E-state index is 0.557. The first-order valence-electron chi connectivity index (χ1n) is 8.77. The smallest absolute Gasteiger partial charge is 0.206 e. The van der Waals surface area contributed by atoms with Gasteiger partial charge in [-0.3, -0.25) is 0 Å². The van der Waals surface area contributed by atoms with Gasteiger partial charge < -0.3 is 4.90 Å². The van der Waals surface area contributed by atoms with Crippen molar-refractivity contribution in [2.24, 2.45) is 0 Å². The molecule has 1 saturated heterocycles. The number of aromatic nitrogens is 5. The van der Waals surface area contributed by atoms with Gasteiger partial charge in [0.05, 0.1) is 29.2 Å². The van der Waals surface area contributed by atoms with E-state index in [1.807, 2.05) is 16.0 Å². The maximum atomic E-state index is 4.87. The van der Waals surface area contributed by atoms with Gasteiger partial charge in [-0.05, 0) is 41.8 Å². The van der Waals surface area contributed by atoms with Crippen LogP contribution in [0.4, 0.5) is 0 Å². The Labute approximate surface area is 145 Å². The van der Waals surface area contributed by atoms with E-state index < -0.39 is 0 Å². The van der Waals surface area contributed by atoms with Gasteiger partial charge in [-0.25, -0.2) is 9.67 Å². The van der Waals surface area contributed by atoms with Crippen LogP contribution in [0.2, 0.25) is 0 Å². The number of hydrogen-bond acceptors (Lipinski definition) is 5. The van der Waals surface area contributed by atoms with Crippen LogP contribution in [0.1, 0.15) is 42.9 Å². The third kappa shape index (κ3) is 3.18. The average molecular weight is 343 g/mol. The summed E-state index contributed by atoms with van der Waals surface area (Å²) in [5.74, 6) is 1.57. The van der Waals surface area contributed by atoms with Gasteiger partial charge in [0, 0.05) is 6.54 Å². The molecule has 24 heavy (non-hydrogen) atoms. The van der Waals surface area contributed by atoms with Gasteiger partial charge in [-0.1, -0.05) is 19.1 Å². The van der Waals surface area contributed by atoms with Crippen LogP contribution >= 0.6 is 11.3 Å². The van der Waals surface area contributed by atoms with Crippen LogP contribution in [0.3, 0.4) is 0 Å². The summed E-state index contributed by atoms with van der Waals surface area (Å²) < 4.78 is 3.25. The van der Waals surface area contributed by atoms with Crippen molar-refractivity contribution in [3.8, 4) is 0 Å². The number of rotatable bonds is 5. The first-order chi connectivity index (χ1) is 11.8. The van der Waals surface area contributed by atoms with Gasteiger partial charge in [0.1, 0.15) is 11.6 Å². The number of nitrogens with zero attached hydrogens (tertiary/aromatic N) is 5. The predicted octanol–water partition coefficient (Wildman–Crippen LogP) is 1.66. The van der Waals surface area contributed by atoms with Gasteiger partial charge in [-0.2, -0.15) is 0 Å². The molecule has 3 heterocycles. The highest BCUT2D eigenvalue weighted by Gasteiger charge is 2.28. The molecule has 0 saturated carbocycles. The largest absolute Gasteiger partial charge is 0.328 e. The number of quaternary nitrogens is 1. The van der Waals surface area contributed by atoms with E-state index in [0.29, 0.717) is 5.92 Å². The molecule has 0 spiro atoms. The molecule has 1 aliphatic heterocycles. The highest BCUT2D eigenvalue weighted by atomic mass is 32.1. The minimum atomic E-state index is 0.557. The first kappa shape index (κ1) is 15.7. The molecule has 1 aliphatic rings. The number of likely N-dealkylation sites (tertiary alicyclic amines) is 1. The van der Waals surface area contributed by atoms with Crippen molar-refractivity contribution in [1.29, 1.82) is 0 Å². The number of hydrogen-bond donors (Lipinski definition) is 1. The van der Waals surface area contributed by atoms with E-state index in [1.54, 1.807) is 4.90 Å². The van der Waals surface area contributed by atoms with Crippen molar-refractivity contribution < 1.29 is 4.90 Å². The zero-order valence-electron chi connectivity index (χ0n) is 14.0. The van der Waals surface area contributed by atoms with Gasteiger partial charge in [-0.15, -0.1) is 16.4 Å². The summed E-state index contributed by atoms with van der Waals surface area (Å²) in [6, 6.07) is 8.44. The molecule has 1 unspecified atom stereocenters. The third-order valence-electron chi connectivity index (χ3n) is 4.73. The predicted molar refractivity (Wildman–Crippen MR) is 94.1 cm³/mol. The SMILES string of the molecule is CCCn1nnnc1C[NH+]1CCC[C@@H](c2nc3ccccc3s2)C1. The van der Waals surface area contributed by atoms with Crippen molar-refractivity contribution >= 4 is 21.6 Å². The molecule has 0 radical (unpaired) electrons.